The number of hydrogen-bond donors (Lipinski definition) is 2. The molecule has 1 unspecified atom stereocenters. The summed E-state index contributed by atoms with van der Waals surface area (Å²) in [6.07, 6.45) is 0.179. The topological polar surface area (TPSA) is 116 Å². The van der Waals surface area contributed by atoms with Crippen LogP contribution in [0.1, 0.15) is 54.7 Å². The van der Waals surface area contributed by atoms with E-state index in [1.165, 1.54) is 10.2 Å². The summed E-state index contributed by atoms with van der Waals surface area (Å²) in [5.74, 6) is 0.291. The van der Waals surface area contributed by atoms with Gasteiger partial charge in [-0.1, -0.05) is 38.1 Å². The monoisotopic (exact) mass is 373 g/mol. The van der Waals surface area contributed by atoms with Crippen LogP contribution in [-0.4, -0.2) is 27.2 Å². The standard InChI is InChI=1S/C19H27N5O3/c1-12(2)15-5-7-16(8-6-15)17(20)11-21-18(25)9-10-23-14(4)19(24(26)27)13(3)22-23/h5-8,12,17H,9-11,20H2,1-4H3,(H,21,25). The van der Waals surface area contributed by atoms with Gasteiger partial charge in [-0.25, -0.2) is 0 Å². The van der Waals surface area contributed by atoms with E-state index in [-0.39, 0.29) is 30.6 Å². The number of amides is 1. The second-order valence-corrected chi connectivity index (χ2v) is 6.98. The Labute approximate surface area is 158 Å². The number of benzene rings is 1. The molecule has 0 aliphatic rings. The zero-order valence-corrected chi connectivity index (χ0v) is 16.2. The van der Waals surface area contributed by atoms with E-state index in [0.717, 1.165) is 5.56 Å². The van der Waals surface area contributed by atoms with E-state index in [4.69, 9.17) is 5.73 Å². The molecule has 8 nitrogen and oxygen atoms in total. The third-order valence-corrected chi connectivity index (χ3v) is 4.63. The molecule has 1 aromatic heterocycles. The predicted octanol–water partition coefficient (Wildman–Crippen LogP) is 2.74. The first kappa shape index (κ1) is 20.6. The van der Waals surface area contributed by atoms with Gasteiger partial charge >= 0.3 is 5.69 Å². The summed E-state index contributed by atoms with van der Waals surface area (Å²) < 4.78 is 1.50. The summed E-state index contributed by atoms with van der Waals surface area (Å²) in [6, 6.07) is 7.79. The van der Waals surface area contributed by atoms with Crippen molar-refractivity contribution in [1.82, 2.24) is 15.1 Å². The lowest BCUT2D eigenvalue weighted by Crippen LogP contribution is -2.32. The fourth-order valence-corrected chi connectivity index (χ4v) is 2.93. The number of aromatic nitrogens is 2. The van der Waals surface area contributed by atoms with Gasteiger partial charge in [-0.15, -0.1) is 0 Å². The van der Waals surface area contributed by atoms with Crippen molar-refractivity contribution in [1.29, 1.82) is 0 Å². The van der Waals surface area contributed by atoms with Crippen LogP contribution in [0.2, 0.25) is 0 Å². The highest BCUT2D eigenvalue weighted by atomic mass is 16.6. The van der Waals surface area contributed by atoms with E-state index in [0.29, 0.717) is 23.9 Å². The van der Waals surface area contributed by atoms with Crippen LogP contribution in [0.5, 0.6) is 0 Å². The molecule has 0 aliphatic carbocycles. The van der Waals surface area contributed by atoms with E-state index in [1.807, 2.05) is 12.1 Å². The first-order chi connectivity index (χ1) is 12.7. The van der Waals surface area contributed by atoms with Crippen LogP contribution in [0, 0.1) is 24.0 Å². The molecule has 0 spiro atoms. The molecule has 0 aliphatic heterocycles. The van der Waals surface area contributed by atoms with Crippen molar-refractivity contribution in [3.8, 4) is 0 Å². The molecule has 0 radical (unpaired) electrons. The maximum atomic E-state index is 12.1. The summed E-state index contributed by atoms with van der Waals surface area (Å²) in [6.45, 7) is 8.10. The van der Waals surface area contributed by atoms with Crippen LogP contribution < -0.4 is 11.1 Å². The van der Waals surface area contributed by atoms with Gasteiger partial charge in [-0.05, 0) is 30.9 Å². The fourth-order valence-electron chi connectivity index (χ4n) is 2.93. The maximum absolute atomic E-state index is 12.1. The van der Waals surface area contributed by atoms with Crippen molar-refractivity contribution in [2.24, 2.45) is 5.73 Å². The lowest BCUT2D eigenvalue weighted by molar-refractivity contribution is -0.386. The second-order valence-electron chi connectivity index (χ2n) is 6.98. The molecule has 2 rings (SSSR count). The van der Waals surface area contributed by atoms with Crippen molar-refractivity contribution in [3.05, 3.63) is 56.9 Å². The highest BCUT2D eigenvalue weighted by molar-refractivity contribution is 5.75. The smallest absolute Gasteiger partial charge is 0.312 e. The zero-order valence-electron chi connectivity index (χ0n) is 16.2. The number of nitrogens with two attached hydrogens (primary N) is 1. The van der Waals surface area contributed by atoms with Crippen LogP contribution in [0.4, 0.5) is 5.69 Å². The van der Waals surface area contributed by atoms with Crippen LogP contribution in [0.25, 0.3) is 0 Å². The zero-order chi connectivity index (χ0) is 20.1. The van der Waals surface area contributed by atoms with Gasteiger partial charge in [0.2, 0.25) is 5.91 Å². The summed E-state index contributed by atoms with van der Waals surface area (Å²) in [5, 5.41) is 18.0. The maximum Gasteiger partial charge on any atom is 0.312 e. The highest BCUT2D eigenvalue weighted by Crippen LogP contribution is 2.22. The van der Waals surface area contributed by atoms with Gasteiger partial charge in [-0.3, -0.25) is 19.6 Å². The number of aryl methyl sites for hydroxylation is 2. The third kappa shape index (κ3) is 5.13. The number of nitro groups is 1. The van der Waals surface area contributed by atoms with Crippen molar-refractivity contribution in [3.63, 3.8) is 0 Å². The van der Waals surface area contributed by atoms with E-state index >= 15 is 0 Å². The normalized spacial score (nSPS) is 12.2. The van der Waals surface area contributed by atoms with E-state index in [2.05, 4.69) is 36.4 Å². The van der Waals surface area contributed by atoms with Crippen LogP contribution in [0.3, 0.4) is 0 Å². The first-order valence-electron chi connectivity index (χ1n) is 9.01. The molecule has 1 atom stereocenters. The lowest BCUT2D eigenvalue weighted by atomic mass is 9.99. The minimum absolute atomic E-state index is 0.00211. The molecule has 0 saturated carbocycles. The summed E-state index contributed by atoms with van der Waals surface area (Å²) in [7, 11) is 0. The predicted molar refractivity (Wildman–Crippen MR) is 103 cm³/mol. The molecule has 146 valence electrons. The molecule has 0 fully saturated rings. The largest absolute Gasteiger partial charge is 0.354 e. The Morgan fingerprint density at radius 1 is 1.26 bits per heavy atom. The second kappa shape index (κ2) is 8.77. The summed E-state index contributed by atoms with van der Waals surface area (Å²) in [4.78, 5) is 22.7. The number of rotatable bonds is 8. The van der Waals surface area contributed by atoms with Gasteiger partial charge in [0.15, 0.2) is 0 Å². The van der Waals surface area contributed by atoms with Gasteiger partial charge in [0.05, 0.1) is 11.5 Å². The number of carbonyl (C=O) groups is 1. The lowest BCUT2D eigenvalue weighted by Gasteiger charge is -2.14. The van der Waals surface area contributed by atoms with Gasteiger partial charge in [0, 0.05) is 19.0 Å². The molecule has 1 aromatic carbocycles. The molecule has 1 amide bonds. The minimum Gasteiger partial charge on any atom is -0.354 e. The van der Waals surface area contributed by atoms with E-state index in [9.17, 15) is 14.9 Å². The summed E-state index contributed by atoms with van der Waals surface area (Å²) in [5.41, 5.74) is 9.17. The SMILES string of the molecule is Cc1nn(CCC(=O)NCC(N)c2ccc(C(C)C)cc2)c(C)c1[N+](=O)[O-]. The molecular weight excluding hydrogens is 346 g/mol. The fraction of sp³-hybridized carbons (Fsp3) is 0.474. The van der Waals surface area contributed by atoms with E-state index < -0.39 is 4.92 Å². The van der Waals surface area contributed by atoms with Crippen LogP contribution in [-0.2, 0) is 11.3 Å². The van der Waals surface area contributed by atoms with E-state index in [1.54, 1.807) is 13.8 Å². The van der Waals surface area contributed by atoms with Gasteiger partial charge in [0.25, 0.3) is 0 Å². The molecule has 1 heterocycles. The summed E-state index contributed by atoms with van der Waals surface area (Å²) >= 11 is 0. The van der Waals surface area contributed by atoms with Gasteiger partial charge < -0.3 is 11.1 Å². The third-order valence-electron chi connectivity index (χ3n) is 4.63. The molecule has 2 aromatic rings. The average molecular weight is 373 g/mol. The molecule has 27 heavy (non-hydrogen) atoms. The number of nitrogens with zero attached hydrogens (tertiary/aromatic N) is 3. The van der Waals surface area contributed by atoms with Gasteiger partial charge in [0.1, 0.15) is 11.4 Å². The Morgan fingerprint density at radius 2 is 1.85 bits per heavy atom. The molecule has 0 bridgehead atoms. The molecule has 8 heteroatoms. The Balaban J connectivity index is 1.86. The Bertz CT molecular complexity index is 811. The van der Waals surface area contributed by atoms with Crippen molar-refractivity contribution in [2.75, 3.05) is 6.54 Å². The Hall–Kier alpha value is -2.74. The minimum atomic E-state index is -0.447. The van der Waals surface area contributed by atoms with Crippen LogP contribution >= 0.6 is 0 Å². The van der Waals surface area contributed by atoms with Crippen molar-refractivity contribution in [2.45, 2.75) is 52.6 Å². The van der Waals surface area contributed by atoms with Crippen molar-refractivity contribution < 1.29 is 9.72 Å². The number of nitrogens with one attached hydrogen (secondary N) is 1. The molecule has 3 N–H and O–H groups in total. The van der Waals surface area contributed by atoms with Crippen molar-refractivity contribution >= 4 is 11.6 Å². The quantitative estimate of drug-likeness (QED) is 0.545. The Morgan fingerprint density at radius 3 is 2.37 bits per heavy atom. The number of hydrogen-bond acceptors (Lipinski definition) is 5. The van der Waals surface area contributed by atoms with Gasteiger partial charge in [-0.2, -0.15) is 5.10 Å². The number of carbonyl (C=O) groups excluding carboxylic acids is 1. The molecular formula is C19H27N5O3. The molecule has 0 saturated heterocycles. The Kier molecular flexibility index (Phi) is 6.68. The average Bonchev–Trinajstić information content (AvgIpc) is 2.91. The highest BCUT2D eigenvalue weighted by Gasteiger charge is 2.21. The first-order valence-corrected chi connectivity index (χ1v) is 9.01. The van der Waals surface area contributed by atoms with Crippen LogP contribution in [0.15, 0.2) is 24.3 Å².